The summed E-state index contributed by atoms with van der Waals surface area (Å²) in [6, 6.07) is 8.59. The van der Waals surface area contributed by atoms with Gasteiger partial charge in [-0.25, -0.2) is 8.42 Å². The summed E-state index contributed by atoms with van der Waals surface area (Å²) in [7, 11) is -3.65. The molecule has 0 radical (unpaired) electrons. The summed E-state index contributed by atoms with van der Waals surface area (Å²) in [4.78, 5) is 17.8. The fraction of sp³-hybridized carbons (Fsp3) is 0.583. The van der Waals surface area contributed by atoms with Crippen molar-refractivity contribution in [2.45, 2.75) is 51.6 Å². The van der Waals surface area contributed by atoms with Crippen molar-refractivity contribution >= 4 is 15.9 Å². The smallest absolute Gasteiger partial charge is 0.246 e. The molecule has 2 saturated heterocycles. The van der Waals surface area contributed by atoms with Crippen molar-refractivity contribution in [3.8, 4) is 0 Å². The number of aryl methyl sites for hydroxylation is 3. The van der Waals surface area contributed by atoms with Crippen molar-refractivity contribution in [1.82, 2.24) is 23.9 Å². The highest BCUT2D eigenvalue weighted by molar-refractivity contribution is 7.89. The average Bonchev–Trinajstić information content (AvgIpc) is 3.22. The number of benzene rings is 1. The molecule has 180 valence electrons. The predicted molar refractivity (Wildman–Crippen MR) is 127 cm³/mol. The summed E-state index contributed by atoms with van der Waals surface area (Å²) >= 11 is 0. The molecule has 1 aromatic heterocycles. The van der Waals surface area contributed by atoms with E-state index in [1.807, 2.05) is 11.8 Å². The highest BCUT2D eigenvalue weighted by Crippen LogP contribution is 2.27. The first-order valence-electron chi connectivity index (χ1n) is 11.9. The summed E-state index contributed by atoms with van der Waals surface area (Å²) < 4.78 is 29.6. The van der Waals surface area contributed by atoms with Crippen LogP contribution in [0.5, 0.6) is 0 Å². The Labute approximate surface area is 197 Å². The van der Waals surface area contributed by atoms with Crippen molar-refractivity contribution in [2.75, 3.05) is 39.3 Å². The lowest BCUT2D eigenvalue weighted by Crippen LogP contribution is -2.52. The minimum absolute atomic E-state index is 0.0888. The number of carbonyl (C=O) groups excluding carboxylic acids is 1. The second-order valence-electron chi connectivity index (χ2n) is 9.22. The first kappa shape index (κ1) is 23.9. The standard InChI is InChI=1S/C24H35N5O3S/c1-4-28-18-23(20(3)25-28)33(31,32)29-11-5-6-22(17-29)24(30)27-14-12-26(13-15-27)16-21-9-7-19(2)8-10-21/h7-10,18,22H,4-6,11-17H2,1-3H3/t22-/m0/s1. The molecule has 1 amide bonds. The zero-order chi connectivity index (χ0) is 23.6. The minimum Gasteiger partial charge on any atom is -0.340 e. The van der Waals surface area contributed by atoms with Gasteiger partial charge < -0.3 is 4.90 Å². The summed E-state index contributed by atoms with van der Waals surface area (Å²) in [6.07, 6.45) is 3.04. The van der Waals surface area contributed by atoms with Crippen LogP contribution in [-0.4, -0.2) is 77.5 Å². The molecule has 0 N–H and O–H groups in total. The summed E-state index contributed by atoms with van der Waals surface area (Å²) in [5.74, 6) is -0.190. The third-order valence-electron chi connectivity index (χ3n) is 6.79. The van der Waals surface area contributed by atoms with Gasteiger partial charge in [-0.2, -0.15) is 9.40 Å². The number of hydrogen-bond acceptors (Lipinski definition) is 5. The van der Waals surface area contributed by atoms with Crippen LogP contribution < -0.4 is 0 Å². The van der Waals surface area contributed by atoms with Crippen LogP contribution in [0.2, 0.25) is 0 Å². The highest BCUT2D eigenvalue weighted by Gasteiger charge is 2.37. The van der Waals surface area contributed by atoms with Crippen molar-refractivity contribution < 1.29 is 13.2 Å². The van der Waals surface area contributed by atoms with E-state index in [4.69, 9.17) is 0 Å². The number of sulfonamides is 1. The second-order valence-corrected chi connectivity index (χ2v) is 11.1. The molecule has 33 heavy (non-hydrogen) atoms. The third-order valence-corrected chi connectivity index (χ3v) is 8.76. The molecule has 2 aliphatic heterocycles. The van der Waals surface area contributed by atoms with Crippen LogP contribution in [0.1, 0.15) is 36.6 Å². The molecule has 1 aromatic carbocycles. The quantitative estimate of drug-likeness (QED) is 0.643. The molecule has 8 nitrogen and oxygen atoms in total. The van der Waals surface area contributed by atoms with Gasteiger partial charge in [0, 0.05) is 58.6 Å². The molecule has 0 aliphatic carbocycles. The maximum Gasteiger partial charge on any atom is 0.246 e. The highest BCUT2D eigenvalue weighted by atomic mass is 32.2. The SMILES string of the molecule is CCn1cc(S(=O)(=O)N2CCC[C@H](C(=O)N3CCN(Cc4ccc(C)cc4)CC3)C2)c(C)n1. The monoisotopic (exact) mass is 473 g/mol. The Balaban J connectivity index is 1.35. The van der Waals surface area contributed by atoms with E-state index in [1.165, 1.54) is 15.4 Å². The van der Waals surface area contributed by atoms with E-state index in [0.29, 0.717) is 38.3 Å². The maximum atomic E-state index is 13.3. The summed E-state index contributed by atoms with van der Waals surface area (Å²) in [5.41, 5.74) is 3.05. The number of carbonyl (C=O) groups is 1. The Morgan fingerprint density at radius 3 is 2.39 bits per heavy atom. The number of nitrogens with zero attached hydrogens (tertiary/aromatic N) is 5. The summed E-state index contributed by atoms with van der Waals surface area (Å²) in [5, 5.41) is 4.29. The maximum absolute atomic E-state index is 13.3. The fourth-order valence-electron chi connectivity index (χ4n) is 4.75. The molecule has 1 atom stereocenters. The number of aromatic nitrogens is 2. The molecular weight excluding hydrogens is 438 g/mol. The number of rotatable bonds is 6. The Hall–Kier alpha value is -2.23. The Kier molecular flexibility index (Phi) is 7.21. The van der Waals surface area contributed by atoms with E-state index in [0.717, 1.165) is 26.1 Å². The van der Waals surface area contributed by atoms with Crippen LogP contribution in [0.15, 0.2) is 35.4 Å². The topological polar surface area (TPSA) is 78.8 Å². The molecule has 4 rings (SSSR count). The molecular formula is C24H35N5O3S. The first-order chi connectivity index (χ1) is 15.8. The van der Waals surface area contributed by atoms with Gasteiger partial charge in [-0.05, 0) is 39.2 Å². The molecule has 3 heterocycles. The number of amides is 1. The van der Waals surface area contributed by atoms with Crippen LogP contribution in [0, 0.1) is 19.8 Å². The van der Waals surface area contributed by atoms with Gasteiger partial charge in [-0.1, -0.05) is 29.8 Å². The van der Waals surface area contributed by atoms with Crippen molar-refractivity contribution in [3.05, 3.63) is 47.3 Å². The Morgan fingerprint density at radius 1 is 1.06 bits per heavy atom. The van der Waals surface area contributed by atoms with E-state index < -0.39 is 10.0 Å². The first-order valence-corrected chi connectivity index (χ1v) is 13.3. The van der Waals surface area contributed by atoms with Gasteiger partial charge in [-0.15, -0.1) is 0 Å². The zero-order valence-electron chi connectivity index (χ0n) is 19.9. The average molecular weight is 474 g/mol. The predicted octanol–water partition coefficient (Wildman–Crippen LogP) is 2.26. The lowest BCUT2D eigenvalue weighted by molar-refractivity contribution is -0.138. The Bertz CT molecular complexity index is 1070. The van der Waals surface area contributed by atoms with E-state index in [-0.39, 0.29) is 23.3 Å². The Morgan fingerprint density at radius 2 is 1.76 bits per heavy atom. The van der Waals surface area contributed by atoms with Gasteiger partial charge >= 0.3 is 0 Å². The molecule has 0 saturated carbocycles. The van der Waals surface area contributed by atoms with E-state index >= 15 is 0 Å². The van der Waals surface area contributed by atoms with Gasteiger partial charge in [0.25, 0.3) is 0 Å². The molecule has 0 unspecified atom stereocenters. The molecule has 0 bridgehead atoms. The van der Waals surface area contributed by atoms with Gasteiger partial charge in [0.1, 0.15) is 4.90 Å². The minimum atomic E-state index is -3.65. The van der Waals surface area contributed by atoms with Crippen molar-refractivity contribution in [3.63, 3.8) is 0 Å². The molecule has 0 spiro atoms. The van der Waals surface area contributed by atoms with Gasteiger partial charge in [0.05, 0.1) is 11.6 Å². The molecule has 2 fully saturated rings. The van der Waals surface area contributed by atoms with Crippen LogP contribution in [0.4, 0.5) is 0 Å². The van der Waals surface area contributed by atoms with E-state index in [9.17, 15) is 13.2 Å². The van der Waals surface area contributed by atoms with E-state index in [2.05, 4.69) is 41.2 Å². The fourth-order valence-corrected chi connectivity index (χ4v) is 6.45. The number of piperidine rings is 1. The second kappa shape index (κ2) is 9.95. The van der Waals surface area contributed by atoms with Crippen molar-refractivity contribution in [2.24, 2.45) is 5.92 Å². The van der Waals surface area contributed by atoms with Crippen molar-refractivity contribution in [1.29, 1.82) is 0 Å². The molecule has 2 aliphatic rings. The van der Waals surface area contributed by atoms with Gasteiger partial charge in [-0.3, -0.25) is 14.4 Å². The van der Waals surface area contributed by atoms with Gasteiger partial charge in [0.2, 0.25) is 15.9 Å². The largest absolute Gasteiger partial charge is 0.340 e. The zero-order valence-corrected chi connectivity index (χ0v) is 20.7. The molecule has 2 aromatic rings. The van der Waals surface area contributed by atoms with Crippen LogP contribution in [0.3, 0.4) is 0 Å². The van der Waals surface area contributed by atoms with Gasteiger partial charge in [0.15, 0.2) is 0 Å². The molecule has 9 heteroatoms. The van der Waals surface area contributed by atoms with Crippen LogP contribution >= 0.6 is 0 Å². The normalized spacial score (nSPS) is 20.8. The van der Waals surface area contributed by atoms with Crippen LogP contribution in [-0.2, 0) is 27.9 Å². The van der Waals surface area contributed by atoms with E-state index in [1.54, 1.807) is 17.8 Å². The van der Waals surface area contributed by atoms with Crippen LogP contribution in [0.25, 0.3) is 0 Å². The third kappa shape index (κ3) is 5.31. The summed E-state index contributed by atoms with van der Waals surface area (Å²) in [6.45, 7) is 11.0. The lowest BCUT2D eigenvalue weighted by atomic mass is 9.97. The number of piperazine rings is 1. The number of hydrogen-bond donors (Lipinski definition) is 0. The lowest BCUT2D eigenvalue weighted by Gasteiger charge is -2.38.